The van der Waals surface area contributed by atoms with Crippen molar-refractivity contribution in [3.05, 3.63) is 28.8 Å². The van der Waals surface area contributed by atoms with Gasteiger partial charge >= 0.3 is 12.3 Å². The fraction of sp³-hybridized carbons (Fsp3) is 0.524. The van der Waals surface area contributed by atoms with Gasteiger partial charge in [-0.15, -0.1) is 24.9 Å². The van der Waals surface area contributed by atoms with Gasteiger partial charge in [0.05, 0.1) is 24.1 Å². The Kier molecular flexibility index (Phi) is 6.72. The highest BCUT2D eigenvalue weighted by molar-refractivity contribution is 8.03. The van der Waals surface area contributed by atoms with Gasteiger partial charge in [-0.2, -0.15) is 4.98 Å². The first-order valence-corrected chi connectivity index (χ1v) is 11.7. The van der Waals surface area contributed by atoms with Gasteiger partial charge in [0.1, 0.15) is 17.8 Å². The molecule has 190 valence electrons. The number of aliphatic hydroxyl groups excluding tert-OH is 1. The van der Waals surface area contributed by atoms with Crippen molar-refractivity contribution in [3.63, 3.8) is 0 Å². The van der Waals surface area contributed by atoms with E-state index in [0.29, 0.717) is 17.6 Å². The molecule has 4 rings (SSSR count). The molecule has 10 nitrogen and oxygen atoms in total. The Hall–Kier alpha value is -2.84. The second kappa shape index (κ2) is 9.32. The number of amides is 1. The highest BCUT2D eigenvalue weighted by Gasteiger charge is 2.60. The highest BCUT2D eigenvalue weighted by Crippen LogP contribution is 2.52. The number of aldehydes is 1. The number of hydrogen-bond acceptors (Lipinski definition) is 9. The normalized spacial score (nSPS) is 29.6. The van der Waals surface area contributed by atoms with Crippen LogP contribution in [0.4, 0.5) is 19.0 Å². The molecule has 14 heteroatoms. The fourth-order valence-electron chi connectivity index (χ4n) is 4.83. The lowest BCUT2D eigenvalue weighted by Crippen LogP contribution is -2.63. The summed E-state index contributed by atoms with van der Waals surface area (Å²) in [5.74, 6) is -3.30. The minimum atomic E-state index is -4.90. The van der Waals surface area contributed by atoms with Crippen LogP contribution in [0.3, 0.4) is 0 Å². The zero-order valence-electron chi connectivity index (χ0n) is 18.6. The van der Waals surface area contributed by atoms with Gasteiger partial charge in [-0.25, -0.2) is 9.80 Å². The van der Waals surface area contributed by atoms with Gasteiger partial charge in [-0.05, 0) is 19.4 Å². The predicted molar refractivity (Wildman–Crippen MR) is 117 cm³/mol. The molecule has 3 N–H and O–H groups in total. The number of nitrogens with one attached hydrogen (secondary N) is 1. The molecule has 1 aromatic heterocycles. The van der Waals surface area contributed by atoms with Crippen molar-refractivity contribution in [2.75, 3.05) is 12.0 Å². The molecular weight excluding hydrogens is 493 g/mol. The third-order valence-electron chi connectivity index (χ3n) is 6.27. The van der Waals surface area contributed by atoms with Crippen LogP contribution in [-0.4, -0.2) is 79.6 Å². The summed E-state index contributed by atoms with van der Waals surface area (Å²) in [7, 11) is 0. The Balaban J connectivity index is 1.49. The number of aliphatic carboxylic acids is 1. The number of thioether (sulfide) groups is 1. The minimum absolute atomic E-state index is 0.0402. The molecule has 3 aliphatic rings. The summed E-state index contributed by atoms with van der Waals surface area (Å²) in [5, 5.41) is 21.0. The van der Waals surface area contributed by atoms with Crippen LogP contribution < -0.4 is 10.2 Å². The van der Waals surface area contributed by atoms with E-state index in [9.17, 15) is 37.8 Å². The van der Waals surface area contributed by atoms with Crippen molar-refractivity contribution in [2.24, 2.45) is 11.8 Å². The first-order chi connectivity index (χ1) is 16.4. The van der Waals surface area contributed by atoms with Crippen molar-refractivity contribution in [1.29, 1.82) is 0 Å². The number of β-lactam (4-membered cyclic amide) rings is 1. The van der Waals surface area contributed by atoms with E-state index in [2.05, 4.69) is 15.1 Å². The number of carboxylic acids is 1. The zero-order valence-corrected chi connectivity index (χ0v) is 19.4. The molecule has 2 saturated heterocycles. The Bertz CT molecular complexity index is 1070. The third-order valence-corrected chi connectivity index (χ3v) is 7.76. The molecule has 1 aromatic rings. The van der Waals surface area contributed by atoms with Crippen LogP contribution >= 0.6 is 11.8 Å². The van der Waals surface area contributed by atoms with Gasteiger partial charge < -0.3 is 30.1 Å². The van der Waals surface area contributed by atoms with Crippen LogP contribution in [0.2, 0.25) is 0 Å². The molecule has 0 spiro atoms. The summed E-state index contributed by atoms with van der Waals surface area (Å²) >= 11 is 1.26. The number of carboxylic acid groups (broad SMARTS) is 1. The summed E-state index contributed by atoms with van der Waals surface area (Å²) in [5.41, 5.74) is 2.72. The zero-order chi connectivity index (χ0) is 25.7. The number of hydrazine groups is 1. The van der Waals surface area contributed by atoms with Crippen LogP contribution in [-0.2, 0) is 14.4 Å². The predicted octanol–water partition coefficient (Wildman–Crippen LogP) is 1.84. The van der Waals surface area contributed by atoms with E-state index in [-0.39, 0.29) is 29.2 Å². The van der Waals surface area contributed by atoms with E-state index in [4.69, 9.17) is 0 Å². The lowest BCUT2D eigenvalue weighted by Gasteiger charge is -2.46. The summed E-state index contributed by atoms with van der Waals surface area (Å²) < 4.78 is 41.3. The molecule has 6 atom stereocenters. The van der Waals surface area contributed by atoms with Crippen LogP contribution in [0.25, 0.3) is 0 Å². The molecule has 0 saturated carbocycles. The summed E-state index contributed by atoms with van der Waals surface area (Å²) in [4.78, 5) is 41.7. The Morgan fingerprint density at radius 1 is 1.40 bits per heavy atom. The summed E-state index contributed by atoms with van der Waals surface area (Å²) in [6, 6.07) is 2.69. The highest BCUT2D eigenvalue weighted by atomic mass is 32.2. The maximum absolute atomic E-state index is 12.5. The Morgan fingerprint density at radius 3 is 2.71 bits per heavy atom. The average molecular weight is 516 g/mol. The number of aliphatic hydroxyl groups is 1. The molecular formula is C21H23F3N4O6S. The SMILES string of the molecule is C[C@@H](O)[C@H]1C(=O)N2C(C(=O)O)=C(S[C@H]3C[C@@H](C=O)N(Nc4cccc(OC(F)(F)F)n4)C3)[C@H](C)[C@H]12. The van der Waals surface area contributed by atoms with Crippen LogP contribution in [0.15, 0.2) is 28.8 Å². The number of ether oxygens (including phenoxy) is 1. The second-order valence-electron chi connectivity index (χ2n) is 8.62. The van der Waals surface area contributed by atoms with Gasteiger partial charge in [-0.3, -0.25) is 4.79 Å². The topological polar surface area (TPSA) is 132 Å². The number of halogens is 3. The molecule has 3 aliphatic heterocycles. The number of alkyl halides is 3. The van der Waals surface area contributed by atoms with Gasteiger partial charge in [0.2, 0.25) is 11.8 Å². The lowest BCUT2D eigenvalue weighted by molar-refractivity contribution is -0.276. The molecule has 0 bridgehead atoms. The molecule has 0 radical (unpaired) electrons. The van der Waals surface area contributed by atoms with Gasteiger partial charge in [0, 0.05) is 28.7 Å². The number of nitrogens with zero attached hydrogens (tertiary/aromatic N) is 3. The Labute approximate surface area is 202 Å². The first kappa shape index (κ1) is 25.3. The number of carbonyl (C=O) groups excluding carboxylic acids is 2. The summed E-state index contributed by atoms with van der Waals surface area (Å²) in [6.07, 6.45) is -4.79. The van der Waals surface area contributed by atoms with Crippen molar-refractivity contribution < 1.29 is 42.5 Å². The van der Waals surface area contributed by atoms with Gasteiger partial charge in [-0.1, -0.05) is 13.0 Å². The lowest BCUT2D eigenvalue weighted by atomic mass is 9.79. The third kappa shape index (κ3) is 4.82. The molecule has 0 aliphatic carbocycles. The smallest absolute Gasteiger partial charge is 0.477 e. The van der Waals surface area contributed by atoms with E-state index in [1.54, 1.807) is 6.92 Å². The van der Waals surface area contributed by atoms with Crippen molar-refractivity contribution >= 4 is 35.7 Å². The second-order valence-corrected chi connectivity index (χ2v) is 9.97. The molecule has 0 unspecified atom stereocenters. The molecule has 0 aromatic carbocycles. The maximum atomic E-state index is 12.5. The van der Waals surface area contributed by atoms with E-state index in [1.165, 1.54) is 40.7 Å². The first-order valence-electron chi connectivity index (χ1n) is 10.8. The molecule has 4 heterocycles. The van der Waals surface area contributed by atoms with Crippen LogP contribution in [0, 0.1) is 11.8 Å². The number of hydrogen-bond donors (Lipinski definition) is 3. The van der Waals surface area contributed by atoms with Crippen molar-refractivity contribution in [1.82, 2.24) is 14.9 Å². The molecule has 2 fully saturated rings. The van der Waals surface area contributed by atoms with E-state index in [0.717, 1.165) is 6.07 Å². The largest absolute Gasteiger partial charge is 0.574 e. The number of pyridine rings is 1. The molecule has 35 heavy (non-hydrogen) atoms. The fourth-order valence-corrected chi connectivity index (χ4v) is 6.37. The maximum Gasteiger partial charge on any atom is 0.574 e. The quantitative estimate of drug-likeness (QED) is 0.347. The van der Waals surface area contributed by atoms with Crippen LogP contribution in [0.1, 0.15) is 20.3 Å². The van der Waals surface area contributed by atoms with Crippen molar-refractivity contribution in [2.45, 2.75) is 50.1 Å². The van der Waals surface area contributed by atoms with Gasteiger partial charge in [0.15, 0.2) is 0 Å². The number of carbonyl (C=O) groups is 3. The van der Waals surface area contributed by atoms with Crippen molar-refractivity contribution in [3.8, 4) is 5.88 Å². The van der Waals surface area contributed by atoms with E-state index in [1.807, 2.05) is 0 Å². The number of fused-ring (bicyclic) bond motifs is 1. The van der Waals surface area contributed by atoms with E-state index < -0.39 is 48.2 Å². The Morgan fingerprint density at radius 2 is 2.11 bits per heavy atom. The monoisotopic (exact) mass is 516 g/mol. The molecule has 1 amide bonds. The van der Waals surface area contributed by atoms with Gasteiger partial charge in [0.25, 0.3) is 0 Å². The standard InChI is InChI=1S/C21H23F3N4O6S/c1-9-16-15(10(2)30)19(31)28(16)17(20(32)33)18(9)35-12-6-11(8-29)27(7-12)26-13-4-3-5-14(25-13)34-21(22,23)24/h3-5,8-12,15-16,30H,6-7H2,1-2H3,(H,25,26)(H,32,33)/t9-,10-,11+,12+,15-,16-/m1/s1. The van der Waals surface area contributed by atoms with Crippen LogP contribution in [0.5, 0.6) is 5.88 Å². The van der Waals surface area contributed by atoms with E-state index >= 15 is 0 Å². The average Bonchev–Trinajstić information content (AvgIpc) is 3.23. The number of anilines is 1. The number of rotatable bonds is 8. The number of aromatic nitrogens is 1. The summed E-state index contributed by atoms with van der Waals surface area (Å²) in [6.45, 7) is 3.55. The minimum Gasteiger partial charge on any atom is -0.477 e.